The molecule has 0 heterocycles. The van der Waals surface area contributed by atoms with Crippen molar-refractivity contribution in [3.63, 3.8) is 0 Å². The fourth-order valence-corrected chi connectivity index (χ4v) is 2.17. The van der Waals surface area contributed by atoms with Gasteiger partial charge in [-0.05, 0) is 42.0 Å². The van der Waals surface area contributed by atoms with Crippen molar-refractivity contribution in [3.05, 3.63) is 63.9 Å². The van der Waals surface area contributed by atoms with Gasteiger partial charge in [0.05, 0.1) is 15.7 Å². The van der Waals surface area contributed by atoms with Crippen LogP contribution >= 0.6 is 23.2 Å². The van der Waals surface area contributed by atoms with E-state index in [1.807, 2.05) is 0 Å². The van der Waals surface area contributed by atoms with Gasteiger partial charge in [-0.25, -0.2) is 4.39 Å². The summed E-state index contributed by atoms with van der Waals surface area (Å²) in [6, 6.07) is 8.79. The Kier molecular flexibility index (Phi) is 5.95. The summed E-state index contributed by atoms with van der Waals surface area (Å²) in [6.45, 7) is 1.33. The summed E-state index contributed by atoms with van der Waals surface area (Å²) < 4.78 is 13.7. The van der Waals surface area contributed by atoms with E-state index in [4.69, 9.17) is 23.2 Å². The van der Waals surface area contributed by atoms with Crippen LogP contribution in [0.25, 0.3) is 6.08 Å². The molecule has 0 aliphatic carbocycles. The molecule has 0 saturated carbocycles. The number of hydrogen-bond donors (Lipinski definition) is 2. The van der Waals surface area contributed by atoms with Crippen LogP contribution in [0.15, 0.2) is 42.5 Å². The summed E-state index contributed by atoms with van der Waals surface area (Å²) in [5.74, 6) is -1.43. The van der Waals surface area contributed by atoms with Crippen LogP contribution in [0.5, 0.6) is 0 Å². The highest BCUT2D eigenvalue weighted by Crippen LogP contribution is 2.23. The van der Waals surface area contributed by atoms with Gasteiger partial charge in [-0.2, -0.15) is 0 Å². The summed E-state index contributed by atoms with van der Waals surface area (Å²) >= 11 is 11.7. The van der Waals surface area contributed by atoms with Gasteiger partial charge in [0, 0.05) is 18.7 Å². The van der Waals surface area contributed by atoms with Gasteiger partial charge in [0.15, 0.2) is 0 Å². The van der Waals surface area contributed by atoms with Crippen molar-refractivity contribution in [2.75, 3.05) is 10.6 Å². The predicted octanol–water partition coefficient (Wildman–Crippen LogP) is 4.74. The van der Waals surface area contributed by atoms with Crippen LogP contribution < -0.4 is 10.6 Å². The Morgan fingerprint density at radius 3 is 2.46 bits per heavy atom. The Balaban J connectivity index is 2.10. The largest absolute Gasteiger partial charge is 0.326 e. The third-order valence-corrected chi connectivity index (χ3v) is 3.65. The fraction of sp³-hybridized carbons (Fsp3) is 0.0588. The maximum atomic E-state index is 13.7. The second-order valence-electron chi connectivity index (χ2n) is 4.87. The number of nitrogens with one attached hydrogen (secondary N) is 2. The van der Waals surface area contributed by atoms with E-state index in [1.165, 1.54) is 31.2 Å². The summed E-state index contributed by atoms with van der Waals surface area (Å²) in [7, 11) is 0. The molecule has 2 aromatic carbocycles. The number of carbonyl (C=O) groups is 2. The molecule has 0 spiro atoms. The van der Waals surface area contributed by atoms with E-state index in [-0.39, 0.29) is 11.6 Å². The van der Waals surface area contributed by atoms with Crippen molar-refractivity contribution in [2.24, 2.45) is 0 Å². The minimum Gasteiger partial charge on any atom is -0.326 e. The number of benzene rings is 2. The van der Waals surface area contributed by atoms with Crippen molar-refractivity contribution >= 4 is 52.5 Å². The minimum absolute atomic E-state index is 0.0370. The Morgan fingerprint density at radius 2 is 1.79 bits per heavy atom. The lowest BCUT2D eigenvalue weighted by molar-refractivity contribution is -0.114. The number of rotatable bonds is 4. The Labute approximate surface area is 148 Å². The molecule has 4 nitrogen and oxygen atoms in total. The zero-order valence-corrected chi connectivity index (χ0v) is 14.1. The SMILES string of the molecule is CC(=O)Nc1ccc(F)c(NC(=O)/C=C/c2ccc(Cl)c(Cl)c2)c1. The van der Waals surface area contributed by atoms with E-state index < -0.39 is 11.7 Å². The first kappa shape index (κ1) is 18.0. The number of hydrogen-bond acceptors (Lipinski definition) is 2. The third kappa shape index (κ3) is 5.08. The van der Waals surface area contributed by atoms with Crippen molar-refractivity contribution < 1.29 is 14.0 Å². The highest BCUT2D eigenvalue weighted by Gasteiger charge is 2.07. The standard InChI is InChI=1S/C17H13Cl2FN2O2/c1-10(23)21-12-4-6-15(20)16(9-12)22-17(24)7-3-11-2-5-13(18)14(19)8-11/h2-9H,1H3,(H,21,23)(H,22,24)/b7-3+. The van der Waals surface area contributed by atoms with Gasteiger partial charge in [0.25, 0.3) is 0 Å². The molecule has 2 amide bonds. The lowest BCUT2D eigenvalue weighted by Crippen LogP contribution is -2.11. The molecule has 0 fully saturated rings. The number of amides is 2. The average Bonchev–Trinajstić information content (AvgIpc) is 2.51. The molecule has 7 heteroatoms. The van der Waals surface area contributed by atoms with Gasteiger partial charge in [0.2, 0.25) is 11.8 Å². The van der Waals surface area contributed by atoms with Crippen LogP contribution in [0, 0.1) is 5.82 Å². The van der Waals surface area contributed by atoms with E-state index in [1.54, 1.807) is 18.2 Å². The van der Waals surface area contributed by atoms with Crippen molar-refractivity contribution in [3.8, 4) is 0 Å². The molecule has 24 heavy (non-hydrogen) atoms. The molecule has 0 saturated heterocycles. The summed E-state index contributed by atoms with van der Waals surface area (Å²) in [6.07, 6.45) is 2.76. The maximum Gasteiger partial charge on any atom is 0.248 e. The van der Waals surface area contributed by atoms with Gasteiger partial charge in [0.1, 0.15) is 5.82 Å². The molecule has 2 aromatic rings. The van der Waals surface area contributed by atoms with E-state index in [9.17, 15) is 14.0 Å². The highest BCUT2D eigenvalue weighted by molar-refractivity contribution is 6.42. The van der Waals surface area contributed by atoms with Crippen LogP contribution in [0.2, 0.25) is 10.0 Å². The molecular formula is C17H13Cl2FN2O2. The molecule has 0 radical (unpaired) electrons. The first-order chi connectivity index (χ1) is 11.3. The van der Waals surface area contributed by atoms with E-state index in [2.05, 4.69) is 10.6 Å². The first-order valence-electron chi connectivity index (χ1n) is 6.86. The van der Waals surface area contributed by atoms with Gasteiger partial charge < -0.3 is 10.6 Å². The molecule has 0 aromatic heterocycles. The Morgan fingerprint density at radius 1 is 1.04 bits per heavy atom. The number of carbonyl (C=O) groups excluding carboxylic acids is 2. The van der Waals surface area contributed by atoms with Crippen LogP contribution in [-0.4, -0.2) is 11.8 Å². The van der Waals surface area contributed by atoms with Crippen LogP contribution in [0.4, 0.5) is 15.8 Å². The molecule has 0 aliphatic rings. The van der Waals surface area contributed by atoms with Gasteiger partial charge in [-0.15, -0.1) is 0 Å². The molecule has 124 valence electrons. The normalized spacial score (nSPS) is 10.7. The molecule has 0 atom stereocenters. The van der Waals surface area contributed by atoms with Crippen LogP contribution in [-0.2, 0) is 9.59 Å². The van der Waals surface area contributed by atoms with Crippen LogP contribution in [0.3, 0.4) is 0 Å². The Bertz CT molecular complexity index is 822. The molecule has 0 unspecified atom stereocenters. The van der Waals surface area contributed by atoms with E-state index >= 15 is 0 Å². The minimum atomic E-state index is -0.611. The average molecular weight is 367 g/mol. The van der Waals surface area contributed by atoms with Gasteiger partial charge in [-0.3, -0.25) is 9.59 Å². The maximum absolute atomic E-state index is 13.7. The van der Waals surface area contributed by atoms with Gasteiger partial charge >= 0.3 is 0 Å². The second kappa shape index (κ2) is 7.95. The van der Waals surface area contributed by atoms with Crippen LogP contribution in [0.1, 0.15) is 12.5 Å². The second-order valence-corrected chi connectivity index (χ2v) is 5.69. The van der Waals surface area contributed by atoms with Crippen molar-refractivity contribution in [1.82, 2.24) is 0 Å². The zero-order valence-electron chi connectivity index (χ0n) is 12.6. The van der Waals surface area contributed by atoms with Gasteiger partial charge in [-0.1, -0.05) is 29.3 Å². The number of anilines is 2. The zero-order chi connectivity index (χ0) is 17.7. The lowest BCUT2D eigenvalue weighted by atomic mass is 10.2. The Hall–Kier alpha value is -2.37. The molecule has 2 rings (SSSR count). The predicted molar refractivity (Wildman–Crippen MR) is 94.8 cm³/mol. The quantitative estimate of drug-likeness (QED) is 0.767. The molecule has 0 bridgehead atoms. The third-order valence-electron chi connectivity index (χ3n) is 2.92. The highest BCUT2D eigenvalue weighted by atomic mass is 35.5. The molecular weight excluding hydrogens is 354 g/mol. The topological polar surface area (TPSA) is 58.2 Å². The monoisotopic (exact) mass is 366 g/mol. The van der Waals surface area contributed by atoms with E-state index in [0.29, 0.717) is 21.3 Å². The lowest BCUT2D eigenvalue weighted by Gasteiger charge is -2.07. The summed E-state index contributed by atoms with van der Waals surface area (Å²) in [4.78, 5) is 22.9. The van der Waals surface area contributed by atoms with Crippen molar-refractivity contribution in [1.29, 1.82) is 0 Å². The fourth-order valence-electron chi connectivity index (χ4n) is 1.86. The summed E-state index contributed by atoms with van der Waals surface area (Å²) in [5, 5.41) is 5.70. The number of halogens is 3. The van der Waals surface area contributed by atoms with E-state index in [0.717, 1.165) is 6.07 Å². The first-order valence-corrected chi connectivity index (χ1v) is 7.62. The smallest absolute Gasteiger partial charge is 0.248 e. The molecule has 0 aliphatic heterocycles. The molecule has 2 N–H and O–H groups in total. The summed E-state index contributed by atoms with van der Waals surface area (Å²) in [5.41, 5.74) is 1.02. The van der Waals surface area contributed by atoms with Crippen molar-refractivity contribution in [2.45, 2.75) is 6.92 Å².